The van der Waals surface area contributed by atoms with Gasteiger partial charge in [0.25, 0.3) is 5.91 Å². The smallest absolute Gasteiger partial charge is 0.303 e. The van der Waals surface area contributed by atoms with E-state index in [0.29, 0.717) is 24.4 Å². The summed E-state index contributed by atoms with van der Waals surface area (Å²) in [6, 6.07) is 0. The fourth-order valence-electron chi connectivity index (χ4n) is 2.41. The summed E-state index contributed by atoms with van der Waals surface area (Å²) in [5, 5.41) is 2.71. The molecule has 0 aliphatic carbocycles. The molecule has 3 N–H and O–H groups in total. The van der Waals surface area contributed by atoms with Gasteiger partial charge in [-0.2, -0.15) is 0 Å². The predicted octanol–water partition coefficient (Wildman–Crippen LogP) is 0.618. The van der Waals surface area contributed by atoms with E-state index in [0.717, 1.165) is 22.6 Å². The second-order valence-corrected chi connectivity index (χ2v) is 5.35. The van der Waals surface area contributed by atoms with Crippen LogP contribution in [0.15, 0.2) is 0 Å². The summed E-state index contributed by atoms with van der Waals surface area (Å²) >= 11 is 0. The highest BCUT2D eigenvalue weighted by atomic mass is 16.5. The molecule has 0 spiro atoms. The second-order valence-electron chi connectivity index (χ2n) is 5.35. The zero-order chi connectivity index (χ0) is 17.1. The maximum atomic E-state index is 11.6. The summed E-state index contributed by atoms with van der Waals surface area (Å²) in [5.74, 6) is 0.391. The van der Waals surface area contributed by atoms with Crippen molar-refractivity contribution in [3.05, 3.63) is 17.1 Å². The van der Waals surface area contributed by atoms with Crippen LogP contribution in [0.25, 0.3) is 11.0 Å². The number of hydrogen-bond acceptors (Lipinski definition) is 6. The Morgan fingerprint density at radius 3 is 2.61 bits per heavy atom. The molecule has 2 heterocycles. The van der Waals surface area contributed by atoms with Gasteiger partial charge in [-0.15, -0.1) is 0 Å². The number of ether oxygens (including phenoxy) is 1. The molecule has 0 unspecified atom stereocenters. The molecule has 0 fully saturated rings. The number of nitrogens with one attached hydrogen (secondary N) is 1. The molecule has 2 rings (SSSR count). The maximum Gasteiger partial charge on any atom is 0.303 e. The molecule has 0 aliphatic heterocycles. The topological polar surface area (TPSA) is 112 Å². The Morgan fingerprint density at radius 1 is 1.26 bits per heavy atom. The van der Waals surface area contributed by atoms with Crippen LogP contribution in [0.4, 0.5) is 5.82 Å². The van der Waals surface area contributed by atoms with Crippen molar-refractivity contribution in [1.82, 2.24) is 19.9 Å². The summed E-state index contributed by atoms with van der Waals surface area (Å²) in [4.78, 5) is 31.0. The van der Waals surface area contributed by atoms with Crippen molar-refractivity contribution < 1.29 is 14.3 Å². The normalized spacial score (nSPS) is 10.8. The van der Waals surface area contributed by atoms with Crippen LogP contribution in [0.2, 0.25) is 0 Å². The highest BCUT2D eigenvalue weighted by Gasteiger charge is 2.15. The van der Waals surface area contributed by atoms with Gasteiger partial charge < -0.3 is 20.4 Å². The molecular formula is C15H21N5O3. The highest BCUT2D eigenvalue weighted by Crippen LogP contribution is 2.25. The minimum absolute atomic E-state index is 0.270. The van der Waals surface area contributed by atoms with Crippen LogP contribution in [0.3, 0.4) is 0 Å². The first-order valence-electron chi connectivity index (χ1n) is 7.30. The number of aryl methyl sites for hydroxylation is 3. The third kappa shape index (κ3) is 3.58. The van der Waals surface area contributed by atoms with E-state index in [-0.39, 0.29) is 12.5 Å². The zero-order valence-corrected chi connectivity index (χ0v) is 13.8. The Balaban J connectivity index is 2.13. The van der Waals surface area contributed by atoms with E-state index in [4.69, 9.17) is 5.73 Å². The van der Waals surface area contributed by atoms with E-state index in [1.165, 1.54) is 6.92 Å². The summed E-state index contributed by atoms with van der Waals surface area (Å²) in [6.45, 7) is 7.69. The summed E-state index contributed by atoms with van der Waals surface area (Å²) in [7, 11) is 0. The lowest BCUT2D eigenvalue weighted by Gasteiger charge is -2.11. The highest BCUT2D eigenvalue weighted by molar-refractivity contribution is 5.88. The molecule has 0 aromatic carbocycles. The van der Waals surface area contributed by atoms with Gasteiger partial charge in [-0.25, -0.2) is 9.97 Å². The molecule has 0 radical (unpaired) electrons. The number of nitrogens with two attached hydrogens (primary N) is 1. The number of esters is 1. The molecule has 124 valence electrons. The van der Waals surface area contributed by atoms with Crippen LogP contribution >= 0.6 is 0 Å². The van der Waals surface area contributed by atoms with Crippen molar-refractivity contribution in [3.8, 4) is 0 Å². The van der Waals surface area contributed by atoms with Gasteiger partial charge in [0.15, 0.2) is 12.4 Å². The Morgan fingerprint density at radius 2 is 1.96 bits per heavy atom. The van der Waals surface area contributed by atoms with Gasteiger partial charge >= 0.3 is 5.97 Å². The van der Waals surface area contributed by atoms with Crippen LogP contribution < -0.4 is 11.1 Å². The molecular weight excluding hydrogens is 298 g/mol. The first-order chi connectivity index (χ1) is 10.8. The average Bonchev–Trinajstić information content (AvgIpc) is 2.80. The van der Waals surface area contributed by atoms with Gasteiger partial charge in [0, 0.05) is 25.7 Å². The lowest BCUT2D eigenvalue weighted by molar-refractivity contribution is -0.146. The van der Waals surface area contributed by atoms with Crippen LogP contribution in [-0.2, 0) is 20.9 Å². The molecule has 0 bridgehead atoms. The van der Waals surface area contributed by atoms with E-state index < -0.39 is 5.97 Å². The van der Waals surface area contributed by atoms with Crippen molar-refractivity contribution in [2.45, 2.75) is 34.2 Å². The fraction of sp³-hybridized carbons (Fsp3) is 0.467. The Hall–Kier alpha value is -2.64. The van der Waals surface area contributed by atoms with Crippen molar-refractivity contribution >= 4 is 28.7 Å². The first-order valence-corrected chi connectivity index (χ1v) is 7.30. The number of aromatic nitrogens is 3. The molecule has 0 atom stereocenters. The van der Waals surface area contributed by atoms with Crippen LogP contribution in [0, 0.1) is 20.8 Å². The van der Waals surface area contributed by atoms with Crippen molar-refractivity contribution in [3.63, 3.8) is 0 Å². The number of anilines is 1. The van der Waals surface area contributed by atoms with Gasteiger partial charge in [-0.1, -0.05) is 0 Å². The van der Waals surface area contributed by atoms with Gasteiger partial charge in [-0.3, -0.25) is 9.59 Å². The first kappa shape index (κ1) is 16.7. The zero-order valence-electron chi connectivity index (χ0n) is 13.8. The standard InChI is InChI=1S/C15H21N5O3/c1-8-9(2)18-15(16)13-14(8)20(10(3)19-13)6-5-17-12(22)7-23-11(4)21/h5-7H2,1-4H3,(H2,16,18)(H,17,22). The molecule has 23 heavy (non-hydrogen) atoms. The summed E-state index contributed by atoms with van der Waals surface area (Å²) in [5.41, 5.74) is 9.43. The molecule has 2 aromatic rings. The van der Waals surface area contributed by atoms with Gasteiger partial charge in [0.2, 0.25) is 0 Å². The minimum atomic E-state index is -0.481. The number of imidazole rings is 1. The van der Waals surface area contributed by atoms with Crippen LogP contribution in [0.5, 0.6) is 0 Å². The number of carbonyl (C=O) groups excluding carboxylic acids is 2. The van der Waals surface area contributed by atoms with Gasteiger partial charge in [0.1, 0.15) is 11.3 Å². The van der Waals surface area contributed by atoms with Crippen LogP contribution in [-0.4, -0.2) is 39.6 Å². The van der Waals surface area contributed by atoms with Crippen molar-refractivity contribution in [2.75, 3.05) is 18.9 Å². The third-order valence-corrected chi connectivity index (χ3v) is 3.65. The Kier molecular flexibility index (Phi) is 4.83. The number of nitrogens with zero attached hydrogens (tertiary/aromatic N) is 3. The molecule has 1 amide bonds. The average molecular weight is 319 g/mol. The number of hydrogen-bond donors (Lipinski definition) is 2. The fourth-order valence-corrected chi connectivity index (χ4v) is 2.41. The van der Waals surface area contributed by atoms with E-state index in [9.17, 15) is 9.59 Å². The lowest BCUT2D eigenvalue weighted by atomic mass is 10.2. The largest absolute Gasteiger partial charge is 0.456 e. The molecule has 8 heteroatoms. The molecule has 0 saturated carbocycles. The number of pyridine rings is 1. The van der Waals surface area contributed by atoms with Gasteiger partial charge in [-0.05, 0) is 26.3 Å². The van der Waals surface area contributed by atoms with E-state index >= 15 is 0 Å². The van der Waals surface area contributed by atoms with E-state index in [1.807, 2.05) is 25.3 Å². The number of nitrogen functional groups attached to an aromatic ring is 1. The molecule has 0 aliphatic rings. The Labute approximate surface area is 134 Å². The van der Waals surface area contributed by atoms with E-state index in [1.54, 1.807) is 0 Å². The number of amides is 1. The van der Waals surface area contributed by atoms with Crippen molar-refractivity contribution in [2.24, 2.45) is 0 Å². The quantitative estimate of drug-likeness (QED) is 0.781. The van der Waals surface area contributed by atoms with Crippen LogP contribution in [0.1, 0.15) is 24.0 Å². The lowest BCUT2D eigenvalue weighted by Crippen LogP contribution is -2.31. The number of fused-ring (bicyclic) bond motifs is 1. The summed E-state index contributed by atoms with van der Waals surface area (Å²) < 4.78 is 6.64. The SMILES string of the molecule is CC(=O)OCC(=O)NCCn1c(C)nc2c(N)nc(C)c(C)c21. The molecule has 2 aromatic heterocycles. The maximum absolute atomic E-state index is 11.6. The third-order valence-electron chi connectivity index (χ3n) is 3.65. The number of rotatable bonds is 5. The Bertz CT molecular complexity index is 766. The monoisotopic (exact) mass is 319 g/mol. The van der Waals surface area contributed by atoms with E-state index in [2.05, 4.69) is 20.0 Å². The summed E-state index contributed by atoms with van der Waals surface area (Å²) in [6.07, 6.45) is 0. The van der Waals surface area contributed by atoms with Gasteiger partial charge in [0.05, 0.1) is 5.52 Å². The molecule has 0 saturated heterocycles. The number of carbonyl (C=O) groups is 2. The molecule has 8 nitrogen and oxygen atoms in total. The second kappa shape index (κ2) is 6.64. The minimum Gasteiger partial charge on any atom is -0.456 e. The van der Waals surface area contributed by atoms with Crippen molar-refractivity contribution in [1.29, 1.82) is 0 Å². The predicted molar refractivity (Wildman–Crippen MR) is 85.8 cm³/mol.